The Labute approximate surface area is 140 Å². The summed E-state index contributed by atoms with van der Waals surface area (Å²) in [6.45, 7) is 0. The van der Waals surface area contributed by atoms with Crippen LogP contribution in [0.4, 0.5) is 18.0 Å². The Kier molecular flexibility index (Phi) is 3.97. The second-order valence-electron chi connectivity index (χ2n) is 6.36. The molecule has 3 rings (SSSR count). The lowest BCUT2D eigenvalue weighted by Crippen LogP contribution is -2.50. The fourth-order valence-corrected chi connectivity index (χ4v) is 3.34. The number of carbonyl (C=O) groups is 3. The maximum absolute atomic E-state index is 12.6. The molecule has 1 aromatic carbocycles. The zero-order chi connectivity index (χ0) is 18.4. The van der Waals surface area contributed by atoms with Crippen LogP contribution in [0.15, 0.2) is 24.3 Å². The molecule has 1 heterocycles. The third-order valence-corrected chi connectivity index (χ3v) is 4.80. The summed E-state index contributed by atoms with van der Waals surface area (Å²) in [6.07, 6.45) is -3.81. The molecule has 0 spiro atoms. The molecular formula is C16H15F3N2O4. The minimum absolute atomic E-state index is 0.115. The monoisotopic (exact) mass is 356 g/mol. The first-order chi connectivity index (χ1) is 11.6. The van der Waals surface area contributed by atoms with Crippen LogP contribution in [0.25, 0.3) is 0 Å². The summed E-state index contributed by atoms with van der Waals surface area (Å²) in [4.78, 5) is 34.9. The molecular weight excluding hydrogens is 341 g/mol. The van der Waals surface area contributed by atoms with Gasteiger partial charge in [-0.1, -0.05) is 12.1 Å². The maximum Gasteiger partial charge on any atom is 0.416 e. The van der Waals surface area contributed by atoms with Crippen LogP contribution in [-0.4, -0.2) is 28.6 Å². The van der Waals surface area contributed by atoms with Crippen molar-refractivity contribution in [2.45, 2.75) is 31.0 Å². The standard InChI is InChI=1S/C16H15F3N2O4/c17-16(18,19)9-3-1-8(2-4-9)5-6-15(11-7-10(11)12(22)23)13(24)20-14(25)21-15/h1-4,10-11H,5-7H2,(H,22,23)(H2,20,21,24,25). The van der Waals surface area contributed by atoms with Crippen LogP contribution in [0.2, 0.25) is 0 Å². The number of aliphatic carboxylic acids is 1. The molecule has 1 aromatic rings. The number of aryl methyl sites for hydroxylation is 1. The van der Waals surface area contributed by atoms with Crippen molar-refractivity contribution in [2.75, 3.05) is 0 Å². The molecule has 3 N–H and O–H groups in total. The van der Waals surface area contributed by atoms with Crippen molar-refractivity contribution in [3.63, 3.8) is 0 Å². The van der Waals surface area contributed by atoms with Gasteiger partial charge in [0.25, 0.3) is 5.91 Å². The van der Waals surface area contributed by atoms with Crippen LogP contribution in [0, 0.1) is 11.8 Å². The first-order valence-electron chi connectivity index (χ1n) is 7.66. The third-order valence-electron chi connectivity index (χ3n) is 4.80. The van der Waals surface area contributed by atoms with Gasteiger partial charge in [-0.3, -0.25) is 14.9 Å². The second kappa shape index (κ2) is 5.75. The number of benzene rings is 1. The summed E-state index contributed by atoms with van der Waals surface area (Å²) in [6, 6.07) is 3.84. The number of nitrogens with one attached hydrogen (secondary N) is 2. The minimum atomic E-state index is -4.43. The van der Waals surface area contributed by atoms with E-state index in [0.29, 0.717) is 5.56 Å². The molecule has 3 amide bonds. The molecule has 2 aliphatic rings. The summed E-state index contributed by atoms with van der Waals surface area (Å²) in [5, 5.41) is 13.7. The molecule has 1 aliphatic carbocycles. The van der Waals surface area contributed by atoms with E-state index in [1.54, 1.807) is 0 Å². The van der Waals surface area contributed by atoms with Crippen molar-refractivity contribution in [1.82, 2.24) is 10.6 Å². The lowest BCUT2D eigenvalue weighted by Gasteiger charge is -2.26. The number of rotatable bonds is 5. The summed E-state index contributed by atoms with van der Waals surface area (Å²) in [5.74, 6) is -2.85. The van der Waals surface area contributed by atoms with E-state index < -0.39 is 47.0 Å². The van der Waals surface area contributed by atoms with E-state index in [4.69, 9.17) is 5.11 Å². The van der Waals surface area contributed by atoms with Crippen LogP contribution in [0.5, 0.6) is 0 Å². The quantitative estimate of drug-likeness (QED) is 0.703. The molecule has 1 saturated heterocycles. The summed E-state index contributed by atoms with van der Waals surface area (Å²) < 4.78 is 37.7. The Morgan fingerprint density at radius 1 is 1.24 bits per heavy atom. The average Bonchev–Trinajstić information content (AvgIpc) is 3.27. The van der Waals surface area contributed by atoms with Crippen molar-refractivity contribution >= 4 is 17.9 Å². The summed E-state index contributed by atoms with van der Waals surface area (Å²) in [5.41, 5.74) is -1.54. The van der Waals surface area contributed by atoms with Crippen molar-refractivity contribution in [2.24, 2.45) is 11.8 Å². The fourth-order valence-electron chi connectivity index (χ4n) is 3.34. The highest BCUT2D eigenvalue weighted by Gasteiger charge is 2.62. The van der Waals surface area contributed by atoms with Crippen molar-refractivity contribution in [3.05, 3.63) is 35.4 Å². The van der Waals surface area contributed by atoms with Gasteiger partial charge >= 0.3 is 18.2 Å². The maximum atomic E-state index is 12.6. The number of urea groups is 1. The van der Waals surface area contributed by atoms with Gasteiger partial charge in [-0.05, 0) is 37.0 Å². The Bertz CT molecular complexity index is 732. The molecule has 3 atom stereocenters. The van der Waals surface area contributed by atoms with Crippen LogP contribution < -0.4 is 10.6 Å². The molecule has 2 fully saturated rings. The van der Waals surface area contributed by atoms with Gasteiger partial charge in [0.05, 0.1) is 11.5 Å². The lowest BCUT2D eigenvalue weighted by atomic mass is 9.85. The number of hydrogen-bond donors (Lipinski definition) is 3. The molecule has 6 nitrogen and oxygen atoms in total. The number of amides is 3. The topological polar surface area (TPSA) is 95.5 Å². The first kappa shape index (κ1) is 17.2. The van der Waals surface area contributed by atoms with E-state index in [-0.39, 0.29) is 19.3 Å². The number of carbonyl (C=O) groups excluding carboxylic acids is 2. The van der Waals surface area contributed by atoms with Gasteiger partial charge in [0.1, 0.15) is 5.54 Å². The average molecular weight is 356 g/mol. The van der Waals surface area contributed by atoms with Gasteiger partial charge in [-0.15, -0.1) is 0 Å². The summed E-state index contributed by atoms with van der Waals surface area (Å²) >= 11 is 0. The van der Waals surface area contributed by atoms with Gasteiger partial charge in [0.2, 0.25) is 0 Å². The number of carboxylic acids is 1. The smallest absolute Gasteiger partial charge is 0.416 e. The van der Waals surface area contributed by atoms with Gasteiger partial charge < -0.3 is 10.4 Å². The van der Waals surface area contributed by atoms with Crippen LogP contribution in [-0.2, 0) is 22.2 Å². The number of carboxylic acid groups (broad SMARTS) is 1. The largest absolute Gasteiger partial charge is 0.481 e. The highest BCUT2D eigenvalue weighted by molar-refractivity contribution is 6.07. The van der Waals surface area contributed by atoms with E-state index in [9.17, 15) is 27.6 Å². The molecule has 134 valence electrons. The van der Waals surface area contributed by atoms with Gasteiger partial charge in [0, 0.05) is 5.92 Å². The molecule has 25 heavy (non-hydrogen) atoms. The number of imide groups is 1. The first-order valence-corrected chi connectivity index (χ1v) is 7.66. The van der Waals surface area contributed by atoms with Gasteiger partial charge in [0.15, 0.2) is 0 Å². The molecule has 0 aromatic heterocycles. The van der Waals surface area contributed by atoms with Crippen molar-refractivity contribution < 1.29 is 32.7 Å². The molecule has 3 unspecified atom stereocenters. The molecule has 1 saturated carbocycles. The number of halogens is 3. The minimum Gasteiger partial charge on any atom is -0.481 e. The normalized spacial score (nSPS) is 28.4. The Balaban J connectivity index is 1.75. The number of hydrogen-bond acceptors (Lipinski definition) is 3. The molecule has 1 aliphatic heterocycles. The van der Waals surface area contributed by atoms with E-state index in [1.165, 1.54) is 12.1 Å². The van der Waals surface area contributed by atoms with Crippen LogP contribution in [0.3, 0.4) is 0 Å². The van der Waals surface area contributed by atoms with E-state index in [1.807, 2.05) is 0 Å². The van der Waals surface area contributed by atoms with Crippen molar-refractivity contribution in [3.8, 4) is 0 Å². The Hall–Kier alpha value is -2.58. The number of alkyl halides is 3. The Morgan fingerprint density at radius 3 is 2.32 bits per heavy atom. The molecule has 0 radical (unpaired) electrons. The molecule has 0 bridgehead atoms. The highest BCUT2D eigenvalue weighted by Crippen LogP contribution is 2.49. The van der Waals surface area contributed by atoms with Gasteiger partial charge in [-0.25, -0.2) is 4.79 Å². The zero-order valence-corrected chi connectivity index (χ0v) is 12.9. The predicted octanol–water partition coefficient (Wildman–Crippen LogP) is 1.94. The zero-order valence-electron chi connectivity index (χ0n) is 12.9. The predicted molar refractivity (Wildman–Crippen MR) is 78.4 cm³/mol. The lowest BCUT2D eigenvalue weighted by molar-refractivity contribution is -0.139. The van der Waals surface area contributed by atoms with Crippen molar-refractivity contribution in [1.29, 1.82) is 0 Å². The highest BCUT2D eigenvalue weighted by atomic mass is 19.4. The SMILES string of the molecule is O=C1NC(=O)C(CCc2ccc(C(F)(F)F)cc2)(C2CC2C(=O)O)N1. The van der Waals surface area contributed by atoms with Crippen LogP contribution in [0.1, 0.15) is 24.0 Å². The Morgan fingerprint density at radius 2 is 1.88 bits per heavy atom. The van der Waals surface area contributed by atoms with E-state index >= 15 is 0 Å². The molecule has 9 heteroatoms. The van der Waals surface area contributed by atoms with E-state index in [0.717, 1.165) is 12.1 Å². The third kappa shape index (κ3) is 3.18. The summed E-state index contributed by atoms with van der Waals surface area (Å²) in [7, 11) is 0. The van der Waals surface area contributed by atoms with Crippen LogP contribution >= 0.6 is 0 Å². The van der Waals surface area contributed by atoms with Gasteiger partial charge in [-0.2, -0.15) is 13.2 Å². The fraction of sp³-hybridized carbons (Fsp3) is 0.438. The van der Waals surface area contributed by atoms with E-state index in [2.05, 4.69) is 10.6 Å². The second-order valence-corrected chi connectivity index (χ2v) is 6.36.